The summed E-state index contributed by atoms with van der Waals surface area (Å²) < 4.78 is 0. The van der Waals surface area contributed by atoms with Crippen molar-refractivity contribution in [1.29, 1.82) is 0 Å². The van der Waals surface area contributed by atoms with Crippen LogP contribution in [0, 0.1) is 17.8 Å². The first-order chi connectivity index (χ1) is 10.8. The molecule has 0 aliphatic heterocycles. The van der Waals surface area contributed by atoms with E-state index in [1.807, 2.05) is 0 Å². The normalized spacial score (nSPS) is 35.7. The Hall–Kier alpha value is -1.18. The lowest BCUT2D eigenvalue weighted by Crippen LogP contribution is -2.49. The number of phenols is 2. The minimum atomic E-state index is -0.110. The Morgan fingerprint density at radius 2 is 1.52 bits per heavy atom. The molecule has 0 amide bonds. The third kappa shape index (κ3) is 2.21. The Morgan fingerprint density at radius 1 is 1.00 bits per heavy atom. The first kappa shape index (κ1) is 15.4. The van der Waals surface area contributed by atoms with Crippen LogP contribution in [0.15, 0.2) is 12.1 Å². The van der Waals surface area contributed by atoms with Crippen molar-refractivity contribution in [1.82, 2.24) is 0 Å². The second-order valence-corrected chi connectivity index (χ2v) is 9.29. The van der Waals surface area contributed by atoms with Gasteiger partial charge in [0, 0.05) is 5.56 Å². The topological polar surface area (TPSA) is 40.5 Å². The highest BCUT2D eigenvalue weighted by molar-refractivity contribution is 5.55. The van der Waals surface area contributed by atoms with Crippen molar-refractivity contribution in [3.63, 3.8) is 0 Å². The van der Waals surface area contributed by atoms with E-state index in [0.29, 0.717) is 0 Å². The second-order valence-electron chi connectivity index (χ2n) is 9.29. The van der Waals surface area contributed by atoms with Gasteiger partial charge in [-0.2, -0.15) is 0 Å². The van der Waals surface area contributed by atoms with Crippen molar-refractivity contribution in [3.8, 4) is 11.5 Å². The van der Waals surface area contributed by atoms with Gasteiger partial charge in [-0.1, -0.05) is 26.8 Å². The molecule has 5 rings (SSSR count). The third-order valence-electron chi connectivity index (χ3n) is 7.33. The predicted octanol–water partition coefficient (Wildman–Crippen LogP) is 5.25. The molecule has 4 aliphatic carbocycles. The lowest BCUT2D eigenvalue weighted by molar-refractivity contribution is -0.00614. The summed E-state index contributed by atoms with van der Waals surface area (Å²) >= 11 is 0. The second kappa shape index (κ2) is 4.91. The van der Waals surface area contributed by atoms with E-state index in [1.165, 1.54) is 44.1 Å². The summed E-state index contributed by atoms with van der Waals surface area (Å²) in [6.07, 6.45) is 9.10. The van der Waals surface area contributed by atoms with Crippen molar-refractivity contribution >= 4 is 0 Å². The molecule has 0 saturated heterocycles. The molecule has 0 aromatic heterocycles. The van der Waals surface area contributed by atoms with Gasteiger partial charge in [0.1, 0.15) is 0 Å². The molecule has 1 aromatic carbocycles. The van der Waals surface area contributed by atoms with Gasteiger partial charge in [0.05, 0.1) is 0 Å². The smallest absolute Gasteiger partial charge is 0.161 e. The van der Waals surface area contributed by atoms with E-state index < -0.39 is 0 Å². The molecule has 0 spiro atoms. The van der Waals surface area contributed by atoms with Crippen LogP contribution in [0.5, 0.6) is 11.5 Å². The molecular weight excluding hydrogens is 284 g/mol. The first-order valence-corrected chi connectivity index (χ1v) is 9.40. The molecule has 0 unspecified atom stereocenters. The molecule has 2 nitrogen and oxygen atoms in total. The third-order valence-corrected chi connectivity index (χ3v) is 7.33. The highest BCUT2D eigenvalue weighted by Crippen LogP contribution is 2.62. The number of aromatic hydroxyl groups is 2. The van der Waals surface area contributed by atoms with Crippen LogP contribution in [0.1, 0.15) is 76.8 Å². The van der Waals surface area contributed by atoms with E-state index in [-0.39, 0.29) is 22.3 Å². The predicted molar refractivity (Wildman–Crippen MR) is 92.9 cm³/mol. The summed E-state index contributed by atoms with van der Waals surface area (Å²) in [5.41, 5.74) is 2.50. The Kier molecular flexibility index (Phi) is 3.28. The molecule has 126 valence electrons. The quantitative estimate of drug-likeness (QED) is 0.748. The molecule has 4 aliphatic rings. The highest BCUT2D eigenvalue weighted by Gasteiger charge is 2.53. The molecule has 23 heavy (non-hydrogen) atoms. The van der Waals surface area contributed by atoms with Gasteiger partial charge in [-0.25, -0.2) is 0 Å². The standard InChI is InChI=1S/C21H30O2/c1-4-20(2,3)18-16(5-6-17(22)19(18)23)21-10-13-7-14(11-21)9-15(8-13)12-21/h5-6,13-15,22-23H,4,7-12H2,1-3H3. The van der Waals surface area contributed by atoms with Crippen molar-refractivity contribution in [3.05, 3.63) is 23.3 Å². The van der Waals surface area contributed by atoms with Crippen LogP contribution in [0.25, 0.3) is 0 Å². The zero-order valence-electron chi connectivity index (χ0n) is 14.7. The summed E-state index contributed by atoms with van der Waals surface area (Å²) in [4.78, 5) is 0. The fourth-order valence-corrected chi connectivity index (χ4v) is 6.32. The molecule has 4 bridgehead atoms. The van der Waals surface area contributed by atoms with Gasteiger partial charge >= 0.3 is 0 Å². The van der Waals surface area contributed by atoms with Crippen molar-refractivity contribution in [2.75, 3.05) is 0 Å². The van der Waals surface area contributed by atoms with Crippen LogP contribution in [0.4, 0.5) is 0 Å². The van der Waals surface area contributed by atoms with Gasteiger partial charge in [-0.05, 0) is 85.2 Å². The van der Waals surface area contributed by atoms with E-state index in [2.05, 4.69) is 26.8 Å². The van der Waals surface area contributed by atoms with Gasteiger partial charge in [-0.3, -0.25) is 0 Å². The summed E-state index contributed by atoms with van der Waals surface area (Å²) in [5.74, 6) is 2.82. The Morgan fingerprint density at radius 3 is 2.00 bits per heavy atom. The minimum absolute atomic E-state index is 0.0370. The van der Waals surface area contributed by atoms with Crippen LogP contribution in [0.3, 0.4) is 0 Å². The number of phenolic OH excluding ortho intramolecular Hbond substituents is 2. The first-order valence-electron chi connectivity index (χ1n) is 9.40. The van der Waals surface area contributed by atoms with E-state index in [1.54, 1.807) is 6.07 Å². The number of benzene rings is 1. The van der Waals surface area contributed by atoms with Crippen LogP contribution in [-0.4, -0.2) is 10.2 Å². The van der Waals surface area contributed by atoms with E-state index >= 15 is 0 Å². The molecule has 2 heteroatoms. The van der Waals surface area contributed by atoms with Gasteiger partial charge in [0.25, 0.3) is 0 Å². The van der Waals surface area contributed by atoms with E-state index in [9.17, 15) is 10.2 Å². The molecule has 0 radical (unpaired) electrons. The maximum Gasteiger partial charge on any atom is 0.161 e. The minimum Gasteiger partial charge on any atom is -0.504 e. The zero-order chi connectivity index (χ0) is 16.4. The summed E-state index contributed by atoms with van der Waals surface area (Å²) in [7, 11) is 0. The molecule has 0 heterocycles. The molecule has 4 fully saturated rings. The van der Waals surface area contributed by atoms with E-state index in [4.69, 9.17) is 0 Å². The Bertz CT molecular complexity index is 594. The molecule has 4 saturated carbocycles. The summed E-state index contributed by atoms with van der Waals surface area (Å²) in [6.45, 7) is 6.57. The molecular formula is C21H30O2. The molecule has 1 aromatic rings. The van der Waals surface area contributed by atoms with Crippen molar-refractivity contribution < 1.29 is 10.2 Å². The maximum absolute atomic E-state index is 10.7. The van der Waals surface area contributed by atoms with Gasteiger partial charge < -0.3 is 10.2 Å². The van der Waals surface area contributed by atoms with E-state index in [0.717, 1.165) is 29.7 Å². The van der Waals surface area contributed by atoms with Crippen molar-refractivity contribution in [2.24, 2.45) is 17.8 Å². The summed E-state index contributed by atoms with van der Waals surface area (Å²) in [5, 5.41) is 20.8. The van der Waals surface area contributed by atoms with Gasteiger partial charge in [-0.15, -0.1) is 0 Å². The average molecular weight is 314 g/mol. The number of rotatable bonds is 3. The van der Waals surface area contributed by atoms with Gasteiger partial charge in [0.15, 0.2) is 11.5 Å². The number of hydrogen-bond acceptors (Lipinski definition) is 2. The van der Waals surface area contributed by atoms with Crippen LogP contribution < -0.4 is 0 Å². The van der Waals surface area contributed by atoms with Crippen LogP contribution >= 0.6 is 0 Å². The lowest BCUT2D eigenvalue weighted by Gasteiger charge is -2.58. The maximum atomic E-state index is 10.7. The largest absolute Gasteiger partial charge is 0.504 e. The number of hydrogen-bond donors (Lipinski definition) is 2. The SMILES string of the molecule is CCC(C)(C)c1c(C23CC4CC(CC(C4)C2)C3)ccc(O)c1O. The van der Waals surface area contributed by atoms with Crippen molar-refractivity contribution in [2.45, 2.75) is 76.5 Å². The van der Waals surface area contributed by atoms with Gasteiger partial charge in [0.2, 0.25) is 0 Å². The zero-order valence-corrected chi connectivity index (χ0v) is 14.7. The Labute approximate surface area is 139 Å². The van der Waals surface area contributed by atoms with Crippen LogP contribution in [0.2, 0.25) is 0 Å². The highest BCUT2D eigenvalue weighted by atomic mass is 16.3. The Balaban J connectivity index is 1.88. The molecule has 0 atom stereocenters. The average Bonchev–Trinajstić information content (AvgIpc) is 2.48. The monoisotopic (exact) mass is 314 g/mol. The molecule has 2 N–H and O–H groups in total. The van der Waals surface area contributed by atoms with Crippen LogP contribution in [-0.2, 0) is 10.8 Å². The fraction of sp³-hybridized carbons (Fsp3) is 0.714. The fourth-order valence-electron chi connectivity index (χ4n) is 6.32. The lowest BCUT2D eigenvalue weighted by atomic mass is 9.47. The summed E-state index contributed by atoms with van der Waals surface area (Å²) in [6, 6.07) is 3.85.